The molecule has 0 aliphatic carbocycles. The van der Waals surface area contributed by atoms with Crippen LogP contribution in [0, 0.1) is 0 Å². The van der Waals surface area contributed by atoms with Crippen molar-refractivity contribution in [3.63, 3.8) is 0 Å². The highest BCUT2D eigenvalue weighted by atomic mass is 16.3. The van der Waals surface area contributed by atoms with E-state index in [2.05, 4.69) is 156 Å². The molecule has 0 N–H and O–H groups in total. The van der Waals surface area contributed by atoms with Gasteiger partial charge in [-0.2, -0.15) is 0 Å². The lowest BCUT2D eigenvalue weighted by Gasteiger charge is -2.16. The highest BCUT2D eigenvalue weighted by Crippen LogP contribution is 2.40. The fourth-order valence-electron chi connectivity index (χ4n) is 8.03. The molecule has 3 aromatic heterocycles. The summed E-state index contributed by atoms with van der Waals surface area (Å²) in [5, 5.41) is 4.47. The number of benzene rings is 8. The first-order chi connectivity index (χ1) is 27.8. The normalized spacial score (nSPS) is 11.6. The van der Waals surface area contributed by atoms with Crippen molar-refractivity contribution in [2.45, 2.75) is 0 Å². The number of aromatic nitrogens is 4. The largest absolute Gasteiger partial charge is 0.455 e. The number of hydrogen-bond donors (Lipinski definition) is 0. The first-order valence-corrected chi connectivity index (χ1v) is 18.8. The van der Waals surface area contributed by atoms with E-state index in [4.69, 9.17) is 19.4 Å². The molecule has 0 aliphatic rings. The minimum absolute atomic E-state index is 0.548. The maximum absolute atomic E-state index is 6.70. The first kappa shape index (κ1) is 31.9. The van der Waals surface area contributed by atoms with Gasteiger partial charge in [-0.1, -0.05) is 158 Å². The Hall–Kier alpha value is -7.63. The predicted octanol–water partition coefficient (Wildman–Crippen LogP) is 13.2. The van der Waals surface area contributed by atoms with E-state index in [1.54, 1.807) is 0 Å². The van der Waals surface area contributed by atoms with Crippen molar-refractivity contribution in [2.75, 3.05) is 0 Å². The third-order valence-electron chi connectivity index (χ3n) is 10.7. The molecule has 0 atom stereocenters. The summed E-state index contributed by atoms with van der Waals surface area (Å²) in [6, 6.07) is 67.4. The highest BCUT2D eigenvalue weighted by Gasteiger charge is 2.21. The standard InChI is InChI=1S/C51H32N4O/c1-4-15-33(16-5-1)36-27-30-41-42-23-14-24-43(48(42)56-47(41)32-36)51-53-49(35-19-8-3-9-20-35)52-50(54-51)37-28-29-38(34-17-6-2-7-18-34)46(31-37)55-44-25-12-10-21-39(44)40-22-11-13-26-45(40)55/h1-32H. The molecule has 5 nitrogen and oxygen atoms in total. The molecule has 11 rings (SSSR count). The van der Waals surface area contributed by atoms with Crippen molar-refractivity contribution in [3.05, 3.63) is 194 Å². The van der Waals surface area contributed by atoms with Crippen molar-refractivity contribution >= 4 is 43.7 Å². The molecule has 0 bridgehead atoms. The zero-order valence-electron chi connectivity index (χ0n) is 30.2. The lowest BCUT2D eigenvalue weighted by atomic mass is 10.0. The second-order valence-electron chi connectivity index (χ2n) is 14.0. The molecule has 0 spiro atoms. The Bertz CT molecular complexity index is 3190. The van der Waals surface area contributed by atoms with Crippen LogP contribution < -0.4 is 0 Å². The van der Waals surface area contributed by atoms with Gasteiger partial charge in [0, 0.05) is 38.2 Å². The Kier molecular flexibility index (Phi) is 7.42. The van der Waals surface area contributed by atoms with Crippen LogP contribution in [0.2, 0.25) is 0 Å². The van der Waals surface area contributed by atoms with Crippen LogP contribution in [0.5, 0.6) is 0 Å². The highest BCUT2D eigenvalue weighted by molar-refractivity contribution is 6.11. The SMILES string of the molecule is c1ccc(-c2ccc3c(c2)oc2c(-c4nc(-c5ccccc5)nc(-c5ccc(-c6ccccc6)c(-n6c7ccccc7c7ccccc76)c5)n4)cccc23)cc1. The molecule has 0 aliphatic heterocycles. The van der Waals surface area contributed by atoms with Crippen LogP contribution in [0.4, 0.5) is 0 Å². The summed E-state index contributed by atoms with van der Waals surface area (Å²) in [5.41, 5.74) is 12.0. The molecular formula is C51H32N4O. The van der Waals surface area contributed by atoms with E-state index in [0.29, 0.717) is 17.5 Å². The van der Waals surface area contributed by atoms with Gasteiger partial charge in [-0.15, -0.1) is 0 Å². The second kappa shape index (κ2) is 13.0. The van der Waals surface area contributed by atoms with Gasteiger partial charge >= 0.3 is 0 Å². The summed E-state index contributed by atoms with van der Waals surface area (Å²) >= 11 is 0. The minimum atomic E-state index is 0.548. The van der Waals surface area contributed by atoms with E-state index >= 15 is 0 Å². The van der Waals surface area contributed by atoms with Gasteiger partial charge in [-0.3, -0.25) is 0 Å². The zero-order chi connectivity index (χ0) is 37.0. The molecule has 262 valence electrons. The van der Waals surface area contributed by atoms with Crippen molar-refractivity contribution in [1.82, 2.24) is 19.5 Å². The molecule has 0 saturated carbocycles. The van der Waals surface area contributed by atoms with Crippen LogP contribution in [0.3, 0.4) is 0 Å². The molecule has 8 aromatic carbocycles. The molecule has 56 heavy (non-hydrogen) atoms. The van der Waals surface area contributed by atoms with E-state index in [-0.39, 0.29) is 0 Å². The van der Waals surface area contributed by atoms with Gasteiger partial charge in [-0.25, -0.2) is 15.0 Å². The molecule has 0 amide bonds. The fourth-order valence-corrected chi connectivity index (χ4v) is 8.03. The average molecular weight is 717 g/mol. The van der Waals surface area contributed by atoms with Gasteiger partial charge in [0.15, 0.2) is 17.5 Å². The van der Waals surface area contributed by atoms with Crippen LogP contribution in [-0.2, 0) is 0 Å². The Balaban J connectivity index is 1.14. The number of furan rings is 1. The van der Waals surface area contributed by atoms with Gasteiger partial charge in [0.05, 0.1) is 22.3 Å². The monoisotopic (exact) mass is 716 g/mol. The van der Waals surface area contributed by atoms with Crippen LogP contribution >= 0.6 is 0 Å². The average Bonchev–Trinajstić information content (AvgIpc) is 3.82. The van der Waals surface area contributed by atoms with Gasteiger partial charge < -0.3 is 8.98 Å². The molecule has 0 saturated heterocycles. The van der Waals surface area contributed by atoms with E-state index in [0.717, 1.165) is 77.6 Å². The minimum Gasteiger partial charge on any atom is -0.455 e. The van der Waals surface area contributed by atoms with Crippen LogP contribution in [-0.4, -0.2) is 19.5 Å². The van der Waals surface area contributed by atoms with E-state index in [9.17, 15) is 0 Å². The summed E-state index contributed by atoms with van der Waals surface area (Å²) in [5.74, 6) is 1.72. The van der Waals surface area contributed by atoms with Crippen molar-refractivity contribution in [1.29, 1.82) is 0 Å². The van der Waals surface area contributed by atoms with Crippen molar-refractivity contribution in [3.8, 4) is 62.1 Å². The van der Waals surface area contributed by atoms with Crippen LogP contribution in [0.1, 0.15) is 0 Å². The maximum Gasteiger partial charge on any atom is 0.167 e. The van der Waals surface area contributed by atoms with Gasteiger partial charge in [0.1, 0.15) is 11.2 Å². The third kappa shape index (κ3) is 5.29. The van der Waals surface area contributed by atoms with E-state index < -0.39 is 0 Å². The van der Waals surface area contributed by atoms with E-state index in [1.165, 1.54) is 10.8 Å². The first-order valence-electron chi connectivity index (χ1n) is 18.8. The summed E-state index contributed by atoms with van der Waals surface area (Å²) in [6.45, 7) is 0. The van der Waals surface area contributed by atoms with Crippen molar-refractivity contribution in [2.24, 2.45) is 0 Å². The Labute approximate surface area is 322 Å². The quantitative estimate of drug-likeness (QED) is 0.172. The molecule has 0 radical (unpaired) electrons. The molecule has 0 unspecified atom stereocenters. The molecular weight excluding hydrogens is 685 g/mol. The Morgan fingerprint density at radius 2 is 0.893 bits per heavy atom. The lowest BCUT2D eigenvalue weighted by Crippen LogP contribution is -2.02. The predicted molar refractivity (Wildman–Crippen MR) is 229 cm³/mol. The topological polar surface area (TPSA) is 56.7 Å². The van der Waals surface area contributed by atoms with Crippen molar-refractivity contribution < 1.29 is 4.42 Å². The second-order valence-corrected chi connectivity index (χ2v) is 14.0. The van der Waals surface area contributed by atoms with Gasteiger partial charge in [-0.05, 0) is 53.1 Å². The third-order valence-corrected chi connectivity index (χ3v) is 10.7. The Morgan fingerprint density at radius 3 is 1.59 bits per heavy atom. The smallest absolute Gasteiger partial charge is 0.167 e. The number of hydrogen-bond acceptors (Lipinski definition) is 4. The molecule has 5 heteroatoms. The number of rotatable bonds is 6. The number of nitrogens with zero attached hydrogens (tertiary/aromatic N) is 4. The van der Waals surface area contributed by atoms with Gasteiger partial charge in [0.2, 0.25) is 0 Å². The maximum atomic E-state index is 6.70. The summed E-state index contributed by atoms with van der Waals surface area (Å²) in [6.07, 6.45) is 0. The summed E-state index contributed by atoms with van der Waals surface area (Å²) in [4.78, 5) is 15.5. The van der Waals surface area contributed by atoms with E-state index in [1.807, 2.05) is 42.5 Å². The van der Waals surface area contributed by atoms with Crippen LogP contribution in [0.25, 0.3) is 106 Å². The fraction of sp³-hybridized carbons (Fsp3) is 0. The molecule has 3 heterocycles. The molecule has 11 aromatic rings. The Morgan fingerprint density at radius 1 is 0.339 bits per heavy atom. The van der Waals surface area contributed by atoms with Gasteiger partial charge in [0.25, 0.3) is 0 Å². The lowest BCUT2D eigenvalue weighted by molar-refractivity contribution is 0.669. The van der Waals surface area contributed by atoms with Crippen LogP contribution in [0.15, 0.2) is 199 Å². The summed E-state index contributed by atoms with van der Waals surface area (Å²) < 4.78 is 9.07. The number of para-hydroxylation sites is 3. The summed E-state index contributed by atoms with van der Waals surface area (Å²) in [7, 11) is 0. The number of fused-ring (bicyclic) bond motifs is 6. The zero-order valence-corrected chi connectivity index (χ0v) is 30.2. The molecule has 0 fully saturated rings.